The van der Waals surface area contributed by atoms with Gasteiger partial charge in [0.05, 0.1) is 28.1 Å². The first-order valence-electron chi connectivity index (χ1n) is 26.3. The number of hydrogen-bond donors (Lipinski definition) is 0. The average molecular weight is 995 g/mol. The van der Waals surface area contributed by atoms with E-state index in [1.165, 1.54) is 70.8 Å². The third-order valence-electron chi connectivity index (χ3n) is 15.7. The Hall–Kier alpha value is -9.23. The molecule has 12 aromatic rings. The van der Waals surface area contributed by atoms with Gasteiger partial charge in [-0.3, -0.25) is 4.57 Å². The number of pyridine rings is 1. The van der Waals surface area contributed by atoms with Gasteiger partial charge in [-0.05, 0) is 121 Å². The lowest BCUT2D eigenvalue weighted by Crippen LogP contribution is -2.72. The van der Waals surface area contributed by atoms with Gasteiger partial charge in [-0.2, -0.15) is 0 Å². The number of nitrogens with zero attached hydrogens (tertiary/aromatic N) is 4. The summed E-state index contributed by atoms with van der Waals surface area (Å²) in [5.41, 5.74) is 15.3. The van der Waals surface area contributed by atoms with E-state index in [2.05, 4.69) is 290 Å². The van der Waals surface area contributed by atoms with Gasteiger partial charge in [0.2, 0.25) is 0 Å². The smallest absolute Gasteiger partial charge is 0.181 e. The van der Waals surface area contributed by atoms with Crippen molar-refractivity contribution >= 4 is 73.4 Å². The summed E-state index contributed by atoms with van der Waals surface area (Å²) >= 11 is 0. The monoisotopic (exact) mass is 994 g/mol. The largest absolute Gasteiger partial charge is 0.457 e. The predicted octanol–water partition coefficient (Wildman–Crippen LogP) is 15.2. The molecular formula is C70H54N4OSi. The Morgan fingerprint density at radius 3 is 1.67 bits per heavy atom. The van der Waals surface area contributed by atoms with Crippen LogP contribution in [0.2, 0.25) is 0 Å². The van der Waals surface area contributed by atoms with E-state index in [-0.39, 0.29) is 5.41 Å². The van der Waals surface area contributed by atoms with Gasteiger partial charge in [0.25, 0.3) is 0 Å². The molecule has 0 saturated carbocycles. The molecule has 0 fully saturated rings. The summed E-state index contributed by atoms with van der Waals surface area (Å²) in [6.45, 7) is 7.53. The minimum Gasteiger partial charge on any atom is -0.457 e. The Kier molecular flexibility index (Phi) is 10.8. The zero-order valence-corrected chi connectivity index (χ0v) is 43.7. The molecule has 14 rings (SSSR count). The quantitative estimate of drug-likeness (QED) is 0.135. The van der Waals surface area contributed by atoms with E-state index >= 15 is 0 Å². The highest BCUT2D eigenvalue weighted by Crippen LogP contribution is 2.51. The van der Waals surface area contributed by atoms with Crippen molar-refractivity contribution in [2.24, 2.45) is 0 Å². The SMILES string of the molecule is CC(C)(C)c1cc(-c2ccccc2)c(N2CN(c3cccc(Oc4ccc5c6ccccc6n(-c6cc([Si]7(c8ccccc8)c8ccccc8-c8ccccc87)ccn6)c5c4)c3)c3ccccc32)c(-c2ccccc2)c1. The maximum Gasteiger partial charge on any atom is 0.181 e. The lowest BCUT2D eigenvalue weighted by molar-refractivity contribution is 0.483. The zero-order valence-electron chi connectivity index (χ0n) is 42.7. The Labute approximate surface area is 445 Å². The molecule has 0 atom stereocenters. The van der Waals surface area contributed by atoms with Crippen LogP contribution in [0.25, 0.3) is 61.0 Å². The Morgan fingerprint density at radius 1 is 0.434 bits per heavy atom. The van der Waals surface area contributed by atoms with Crippen LogP contribution in [0.4, 0.5) is 22.7 Å². The number of hydrogen-bond acceptors (Lipinski definition) is 4. The molecule has 5 nitrogen and oxygen atoms in total. The fourth-order valence-corrected chi connectivity index (χ4v) is 17.4. The van der Waals surface area contributed by atoms with E-state index in [9.17, 15) is 0 Å². The number of rotatable bonds is 9. The topological polar surface area (TPSA) is 33.5 Å². The van der Waals surface area contributed by atoms with Crippen LogP contribution in [0.15, 0.2) is 261 Å². The molecule has 0 amide bonds. The maximum absolute atomic E-state index is 6.96. The molecule has 364 valence electrons. The summed E-state index contributed by atoms with van der Waals surface area (Å²) in [7, 11) is -2.76. The maximum atomic E-state index is 6.96. The molecule has 2 aliphatic heterocycles. The highest BCUT2D eigenvalue weighted by Gasteiger charge is 2.48. The molecule has 0 aliphatic carbocycles. The number of para-hydroxylation sites is 3. The minimum atomic E-state index is -2.76. The van der Waals surface area contributed by atoms with E-state index < -0.39 is 8.07 Å². The van der Waals surface area contributed by atoms with E-state index in [0.717, 1.165) is 50.8 Å². The van der Waals surface area contributed by atoms with Gasteiger partial charge in [0.1, 0.15) is 24.0 Å². The minimum absolute atomic E-state index is 0.0620. The number of aromatic nitrogens is 2. The van der Waals surface area contributed by atoms with E-state index in [1.54, 1.807) is 0 Å². The lowest BCUT2D eigenvalue weighted by Gasteiger charge is -2.31. The summed E-state index contributed by atoms with van der Waals surface area (Å²) in [5.74, 6) is 2.39. The first kappa shape index (κ1) is 45.4. The van der Waals surface area contributed by atoms with Crippen molar-refractivity contribution in [2.45, 2.75) is 26.2 Å². The summed E-state index contributed by atoms with van der Waals surface area (Å²) in [6, 6.07) is 92.9. The van der Waals surface area contributed by atoms with Crippen LogP contribution in [0, 0.1) is 0 Å². The standard InChI is InChI=1S/C70H54N4OSi/c1-70(2,3)50-42-60(48-22-7-4-8-23-48)69(61(43-50)49-24-9-5-10-25-49)73-47-72(63-34-17-18-35-64(63)73)51-26-21-27-52(44-51)75-53-38-39-57-56-30-13-16-33-62(56)74(65(57)45-53)68-46-55(40-41-71-68)76(54-28-11-6-12-29-54)66-36-19-14-31-58(66)59-32-15-20-37-67(59)76/h4-46H,47H2,1-3H3. The molecule has 0 unspecified atom stereocenters. The predicted molar refractivity (Wildman–Crippen MR) is 319 cm³/mol. The van der Waals surface area contributed by atoms with Crippen molar-refractivity contribution in [2.75, 3.05) is 16.5 Å². The summed E-state index contributed by atoms with van der Waals surface area (Å²) in [6.07, 6.45) is 2.02. The Balaban J connectivity index is 0.858. The van der Waals surface area contributed by atoms with Crippen LogP contribution in [0.1, 0.15) is 26.3 Å². The van der Waals surface area contributed by atoms with Crippen molar-refractivity contribution in [3.63, 3.8) is 0 Å². The van der Waals surface area contributed by atoms with Gasteiger partial charge in [-0.1, -0.05) is 197 Å². The zero-order chi connectivity index (χ0) is 51.0. The second-order valence-electron chi connectivity index (χ2n) is 21.1. The fraction of sp³-hybridized carbons (Fsp3) is 0.0714. The molecule has 2 aliphatic rings. The molecule has 10 aromatic carbocycles. The van der Waals surface area contributed by atoms with Crippen LogP contribution in [-0.4, -0.2) is 24.3 Å². The summed E-state index contributed by atoms with van der Waals surface area (Å²) in [5, 5.41) is 7.79. The normalized spacial score (nSPS) is 13.5. The molecule has 6 heteroatoms. The number of fused-ring (bicyclic) bond motifs is 7. The van der Waals surface area contributed by atoms with Crippen molar-refractivity contribution < 1.29 is 4.74 Å². The molecule has 0 spiro atoms. The van der Waals surface area contributed by atoms with Crippen molar-refractivity contribution in [1.82, 2.24) is 9.55 Å². The molecule has 2 aromatic heterocycles. The molecule has 0 saturated heterocycles. The van der Waals surface area contributed by atoms with Gasteiger partial charge >= 0.3 is 0 Å². The van der Waals surface area contributed by atoms with Gasteiger partial charge < -0.3 is 14.5 Å². The van der Waals surface area contributed by atoms with Gasteiger partial charge in [0, 0.05) is 45.9 Å². The van der Waals surface area contributed by atoms with Crippen LogP contribution in [-0.2, 0) is 5.41 Å². The van der Waals surface area contributed by atoms with Gasteiger partial charge in [0.15, 0.2) is 8.07 Å². The van der Waals surface area contributed by atoms with E-state index in [1.807, 2.05) is 6.20 Å². The summed E-state index contributed by atoms with van der Waals surface area (Å²) in [4.78, 5) is 10.1. The summed E-state index contributed by atoms with van der Waals surface area (Å²) < 4.78 is 9.29. The molecule has 0 radical (unpaired) electrons. The van der Waals surface area contributed by atoms with E-state index in [0.29, 0.717) is 6.67 Å². The number of anilines is 4. The Morgan fingerprint density at radius 2 is 1.00 bits per heavy atom. The first-order chi connectivity index (χ1) is 37.3. The second kappa shape index (κ2) is 18.0. The average Bonchev–Trinajstić information content (AvgIpc) is 4.16. The number of benzene rings is 10. The molecular weight excluding hydrogens is 941 g/mol. The third kappa shape index (κ3) is 7.31. The van der Waals surface area contributed by atoms with Gasteiger partial charge in [-0.25, -0.2) is 4.98 Å². The third-order valence-corrected chi connectivity index (χ3v) is 20.6. The van der Waals surface area contributed by atoms with E-state index in [4.69, 9.17) is 9.72 Å². The Bertz CT molecular complexity index is 4080. The van der Waals surface area contributed by atoms with Crippen LogP contribution < -0.4 is 35.3 Å². The highest BCUT2D eigenvalue weighted by molar-refractivity contribution is 7.22. The van der Waals surface area contributed by atoms with Crippen molar-refractivity contribution in [1.29, 1.82) is 0 Å². The van der Waals surface area contributed by atoms with Crippen molar-refractivity contribution in [3.8, 4) is 50.7 Å². The van der Waals surface area contributed by atoms with Gasteiger partial charge in [-0.15, -0.1) is 0 Å². The van der Waals surface area contributed by atoms with Crippen LogP contribution in [0.3, 0.4) is 0 Å². The molecule has 0 bridgehead atoms. The fourth-order valence-electron chi connectivity index (χ4n) is 12.3. The first-order valence-corrected chi connectivity index (χ1v) is 28.3. The lowest BCUT2D eigenvalue weighted by atomic mass is 9.82. The van der Waals surface area contributed by atoms with Crippen LogP contribution in [0.5, 0.6) is 11.5 Å². The van der Waals surface area contributed by atoms with Crippen LogP contribution >= 0.6 is 0 Å². The second-order valence-corrected chi connectivity index (χ2v) is 24.9. The molecule has 0 N–H and O–H groups in total. The van der Waals surface area contributed by atoms with Crippen molar-refractivity contribution in [3.05, 3.63) is 267 Å². The molecule has 76 heavy (non-hydrogen) atoms. The number of ether oxygens (including phenoxy) is 1. The molecule has 4 heterocycles. The highest BCUT2D eigenvalue weighted by atomic mass is 28.3.